The van der Waals surface area contributed by atoms with Crippen molar-refractivity contribution in [1.82, 2.24) is 5.32 Å². The van der Waals surface area contributed by atoms with Crippen LogP contribution in [-0.2, 0) is 6.54 Å². The summed E-state index contributed by atoms with van der Waals surface area (Å²) >= 11 is 0. The van der Waals surface area contributed by atoms with E-state index < -0.39 is 0 Å². The normalized spacial score (nSPS) is 16.6. The summed E-state index contributed by atoms with van der Waals surface area (Å²) in [6.07, 6.45) is 0. The lowest BCUT2D eigenvalue weighted by atomic mass is 9.88. The zero-order valence-electron chi connectivity index (χ0n) is 10.5. The van der Waals surface area contributed by atoms with E-state index in [-0.39, 0.29) is 0 Å². The fourth-order valence-electron chi connectivity index (χ4n) is 2.21. The minimum absolute atomic E-state index is 0.816. The van der Waals surface area contributed by atoms with Crippen LogP contribution >= 0.6 is 0 Å². The van der Waals surface area contributed by atoms with Crippen molar-refractivity contribution in [2.24, 2.45) is 11.8 Å². The van der Waals surface area contributed by atoms with Crippen LogP contribution < -0.4 is 10.2 Å². The lowest BCUT2D eigenvalue weighted by Gasteiger charge is -2.43. The van der Waals surface area contributed by atoms with Crippen molar-refractivity contribution >= 4 is 5.69 Å². The zero-order valence-corrected chi connectivity index (χ0v) is 10.5. The summed E-state index contributed by atoms with van der Waals surface area (Å²) in [5, 5.41) is 3.19. The molecule has 1 aromatic carbocycles. The van der Waals surface area contributed by atoms with E-state index in [0.29, 0.717) is 0 Å². The minimum atomic E-state index is 0.816. The number of benzene rings is 1. The lowest BCUT2D eigenvalue weighted by Crippen LogP contribution is -2.49. The van der Waals surface area contributed by atoms with Gasteiger partial charge in [0.05, 0.1) is 0 Å². The Hall–Kier alpha value is -1.02. The van der Waals surface area contributed by atoms with Crippen LogP contribution in [0.5, 0.6) is 0 Å². The van der Waals surface area contributed by atoms with E-state index in [9.17, 15) is 0 Å². The van der Waals surface area contributed by atoms with Gasteiger partial charge in [0.25, 0.3) is 0 Å². The Morgan fingerprint density at radius 2 is 2.12 bits per heavy atom. The molecule has 0 spiro atoms. The molecular weight excluding hydrogens is 196 g/mol. The molecule has 2 heteroatoms. The maximum Gasteiger partial charge on any atom is 0.0369 e. The summed E-state index contributed by atoms with van der Waals surface area (Å²) in [6, 6.07) is 8.85. The van der Waals surface area contributed by atoms with Crippen molar-refractivity contribution < 1.29 is 0 Å². The molecule has 0 aromatic heterocycles. The maximum absolute atomic E-state index is 3.19. The molecule has 0 unspecified atom stereocenters. The molecule has 1 aromatic rings. The first-order chi connectivity index (χ1) is 7.70. The van der Waals surface area contributed by atoms with Gasteiger partial charge in [0.1, 0.15) is 0 Å². The Kier molecular flexibility index (Phi) is 3.49. The van der Waals surface area contributed by atoms with E-state index in [2.05, 4.69) is 48.3 Å². The van der Waals surface area contributed by atoms with Crippen LogP contribution in [-0.4, -0.2) is 20.1 Å². The first-order valence-electron chi connectivity index (χ1n) is 6.19. The summed E-state index contributed by atoms with van der Waals surface area (Å²) in [5.41, 5.74) is 2.75. The monoisotopic (exact) mass is 218 g/mol. The third-order valence-corrected chi connectivity index (χ3v) is 3.51. The molecule has 1 aliphatic heterocycles. The van der Waals surface area contributed by atoms with Gasteiger partial charge in [-0.3, -0.25) is 0 Å². The largest absolute Gasteiger partial charge is 0.371 e. The second-order valence-corrected chi connectivity index (χ2v) is 5.11. The van der Waals surface area contributed by atoms with Gasteiger partial charge in [-0.1, -0.05) is 26.0 Å². The van der Waals surface area contributed by atoms with E-state index in [1.807, 2.05) is 7.05 Å². The molecule has 1 N–H and O–H groups in total. The Balaban J connectivity index is 1.98. The molecule has 1 heterocycles. The fourth-order valence-corrected chi connectivity index (χ4v) is 2.21. The first-order valence-corrected chi connectivity index (χ1v) is 6.19. The second-order valence-electron chi connectivity index (χ2n) is 5.11. The van der Waals surface area contributed by atoms with Crippen LogP contribution in [0.15, 0.2) is 24.3 Å². The zero-order chi connectivity index (χ0) is 11.5. The number of nitrogens with one attached hydrogen (secondary N) is 1. The van der Waals surface area contributed by atoms with Crippen LogP contribution in [0.4, 0.5) is 5.69 Å². The van der Waals surface area contributed by atoms with Crippen LogP contribution in [0.1, 0.15) is 19.4 Å². The number of rotatable bonds is 4. The Morgan fingerprint density at radius 1 is 1.38 bits per heavy atom. The number of nitrogens with zero attached hydrogens (tertiary/aromatic N) is 1. The molecule has 1 saturated heterocycles. The van der Waals surface area contributed by atoms with Crippen LogP contribution in [0, 0.1) is 11.8 Å². The molecule has 0 radical (unpaired) electrons. The van der Waals surface area contributed by atoms with Crippen LogP contribution in [0.2, 0.25) is 0 Å². The molecule has 0 bridgehead atoms. The van der Waals surface area contributed by atoms with E-state index in [1.165, 1.54) is 24.3 Å². The third-order valence-electron chi connectivity index (χ3n) is 3.51. The second kappa shape index (κ2) is 4.88. The van der Waals surface area contributed by atoms with Gasteiger partial charge in [-0.25, -0.2) is 0 Å². The Morgan fingerprint density at radius 3 is 2.75 bits per heavy atom. The van der Waals surface area contributed by atoms with Crippen molar-refractivity contribution in [2.45, 2.75) is 20.4 Å². The SMILES string of the molecule is CNCc1cccc(N2CC(C(C)C)C2)c1. The summed E-state index contributed by atoms with van der Waals surface area (Å²) in [5.74, 6) is 1.70. The number of hydrogen-bond acceptors (Lipinski definition) is 2. The Labute approximate surface area is 98.7 Å². The molecule has 0 saturated carbocycles. The fraction of sp³-hybridized carbons (Fsp3) is 0.571. The molecule has 0 amide bonds. The summed E-state index contributed by atoms with van der Waals surface area (Å²) in [7, 11) is 1.99. The van der Waals surface area contributed by atoms with Crippen molar-refractivity contribution in [3.05, 3.63) is 29.8 Å². The van der Waals surface area contributed by atoms with Crippen molar-refractivity contribution in [2.75, 3.05) is 25.0 Å². The average Bonchev–Trinajstić information content (AvgIpc) is 2.15. The molecule has 0 atom stereocenters. The van der Waals surface area contributed by atoms with E-state index in [1.54, 1.807) is 0 Å². The standard InChI is InChI=1S/C14H22N2/c1-11(2)13-9-16(10-13)14-6-4-5-12(7-14)8-15-3/h4-7,11,13,15H,8-10H2,1-3H3. The number of anilines is 1. The van der Waals surface area contributed by atoms with Crippen LogP contribution in [0.3, 0.4) is 0 Å². The highest BCUT2D eigenvalue weighted by atomic mass is 15.2. The van der Waals surface area contributed by atoms with Gasteiger partial charge in [0, 0.05) is 25.3 Å². The molecule has 2 nitrogen and oxygen atoms in total. The summed E-state index contributed by atoms with van der Waals surface area (Å²) < 4.78 is 0. The molecule has 88 valence electrons. The topological polar surface area (TPSA) is 15.3 Å². The quantitative estimate of drug-likeness (QED) is 0.835. The maximum atomic E-state index is 3.19. The predicted molar refractivity (Wildman–Crippen MR) is 69.7 cm³/mol. The third kappa shape index (κ3) is 2.38. The number of hydrogen-bond donors (Lipinski definition) is 1. The molecule has 2 rings (SSSR count). The highest BCUT2D eigenvalue weighted by Crippen LogP contribution is 2.29. The van der Waals surface area contributed by atoms with Gasteiger partial charge >= 0.3 is 0 Å². The van der Waals surface area contributed by atoms with Gasteiger partial charge in [0.2, 0.25) is 0 Å². The van der Waals surface area contributed by atoms with Crippen LogP contribution in [0.25, 0.3) is 0 Å². The molecule has 1 aliphatic rings. The molecule has 16 heavy (non-hydrogen) atoms. The van der Waals surface area contributed by atoms with Gasteiger partial charge in [-0.15, -0.1) is 0 Å². The van der Waals surface area contributed by atoms with E-state index >= 15 is 0 Å². The van der Waals surface area contributed by atoms with E-state index in [4.69, 9.17) is 0 Å². The highest BCUT2D eigenvalue weighted by molar-refractivity contribution is 5.50. The predicted octanol–water partition coefficient (Wildman–Crippen LogP) is 2.50. The van der Waals surface area contributed by atoms with Gasteiger partial charge in [0.15, 0.2) is 0 Å². The van der Waals surface area contributed by atoms with Gasteiger partial charge in [-0.2, -0.15) is 0 Å². The molecule has 0 aliphatic carbocycles. The smallest absolute Gasteiger partial charge is 0.0369 e. The molecular formula is C14H22N2. The van der Waals surface area contributed by atoms with Gasteiger partial charge < -0.3 is 10.2 Å². The van der Waals surface area contributed by atoms with Crippen molar-refractivity contribution in [3.8, 4) is 0 Å². The highest BCUT2D eigenvalue weighted by Gasteiger charge is 2.28. The minimum Gasteiger partial charge on any atom is -0.371 e. The van der Waals surface area contributed by atoms with Gasteiger partial charge in [-0.05, 0) is 36.6 Å². The van der Waals surface area contributed by atoms with Crippen molar-refractivity contribution in [3.63, 3.8) is 0 Å². The van der Waals surface area contributed by atoms with E-state index in [0.717, 1.165) is 18.4 Å². The molecule has 1 fully saturated rings. The lowest BCUT2D eigenvalue weighted by molar-refractivity contribution is 0.310. The first kappa shape index (κ1) is 11.5. The summed E-state index contributed by atoms with van der Waals surface area (Å²) in [6.45, 7) is 8.04. The summed E-state index contributed by atoms with van der Waals surface area (Å²) in [4.78, 5) is 2.48. The average molecular weight is 218 g/mol. The Bertz CT molecular complexity index is 340. The van der Waals surface area contributed by atoms with Crippen molar-refractivity contribution in [1.29, 1.82) is 0 Å².